The van der Waals surface area contributed by atoms with Crippen molar-refractivity contribution >= 4 is 11.9 Å². The first-order valence-corrected chi connectivity index (χ1v) is 5.36. The van der Waals surface area contributed by atoms with Gasteiger partial charge in [-0.2, -0.15) is 10.1 Å². The Kier molecular flexibility index (Phi) is 2.73. The van der Waals surface area contributed by atoms with E-state index < -0.39 is 0 Å². The molecule has 8 nitrogen and oxygen atoms in total. The zero-order valence-corrected chi connectivity index (χ0v) is 9.57. The van der Waals surface area contributed by atoms with Crippen molar-refractivity contribution < 1.29 is 9.21 Å². The average Bonchev–Trinajstić information content (AvgIpc) is 3.12. The van der Waals surface area contributed by atoms with Crippen LogP contribution in [0.15, 0.2) is 41.4 Å². The molecule has 0 aliphatic carbocycles. The molecule has 0 atom stereocenters. The fraction of sp³-hybridized carbons (Fsp3) is 0. The van der Waals surface area contributed by atoms with Crippen molar-refractivity contribution in [1.82, 2.24) is 25.4 Å². The number of H-pyrrole nitrogens is 1. The largest absolute Gasteiger partial charge is 0.423 e. The Morgan fingerprint density at radius 3 is 2.74 bits per heavy atom. The van der Waals surface area contributed by atoms with Crippen molar-refractivity contribution in [2.75, 3.05) is 5.32 Å². The molecule has 0 saturated heterocycles. The number of aromatic amines is 1. The molecular formula is C11H8N6O2. The first-order valence-electron chi connectivity index (χ1n) is 5.36. The zero-order chi connectivity index (χ0) is 13.1. The average molecular weight is 256 g/mol. The van der Waals surface area contributed by atoms with Crippen LogP contribution in [0.1, 0.15) is 10.4 Å². The highest BCUT2D eigenvalue weighted by Gasteiger charge is 2.09. The highest BCUT2D eigenvalue weighted by molar-refractivity contribution is 6.03. The maximum Gasteiger partial charge on any atom is 0.258 e. The van der Waals surface area contributed by atoms with Gasteiger partial charge < -0.3 is 4.42 Å². The Morgan fingerprint density at radius 1 is 1.26 bits per heavy atom. The lowest BCUT2D eigenvalue weighted by molar-refractivity contribution is 0.102. The monoisotopic (exact) mass is 256 g/mol. The first-order chi connectivity index (χ1) is 9.33. The topological polar surface area (TPSA) is 110 Å². The second-order valence-electron chi connectivity index (χ2n) is 3.61. The van der Waals surface area contributed by atoms with E-state index in [2.05, 4.69) is 30.7 Å². The van der Waals surface area contributed by atoms with Gasteiger partial charge in [0.25, 0.3) is 5.91 Å². The van der Waals surface area contributed by atoms with E-state index in [1.807, 2.05) is 0 Å². The summed E-state index contributed by atoms with van der Waals surface area (Å²) < 4.78 is 5.06. The number of nitrogens with one attached hydrogen (secondary N) is 2. The minimum atomic E-state index is -0.283. The van der Waals surface area contributed by atoms with Gasteiger partial charge in [0, 0.05) is 11.1 Å². The van der Waals surface area contributed by atoms with Crippen LogP contribution in [0.5, 0.6) is 0 Å². The molecule has 94 valence electrons. The van der Waals surface area contributed by atoms with Gasteiger partial charge in [-0.05, 0) is 24.3 Å². The third-order valence-corrected chi connectivity index (χ3v) is 2.40. The van der Waals surface area contributed by atoms with E-state index in [1.54, 1.807) is 24.3 Å². The maximum atomic E-state index is 11.9. The molecule has 0 unspecified atom stereocenters. The van der Waals surface area contributed by atoms with E-state index in [4.69, 9.17) is 4.42 Å². The van der Waals surface area contributed by atoms with Crippen LogP contribution < -0.4 is 5.32 Å². The van der Waals surface area contributed by atoms with Crippen LogP contribution in [0.2, 0.25) is 0 Å². The molecule has 0 aliphatic heterocycles. The van der Waals surface area contributed by atoms with Gasteiger partial charge in [-0.15, -0.1) is 10.2 Å². The second-order valence-corrected chi connectivity index (χ2v) is 3.61. The fourth-order valence-electron chi connectivity index (χ4n) is 1.51. The van der Waals surface area contributed by atoms with E-state index >= 15 is 0 Å². The van der Waals surface area contributed by atoms with E-state index in [9.17, 15) is 4.79 Å². The normalized spacial score (nSPS) is 10.3. The molecule has 2 heterocycles. The molecule has 0 saturated carbocycles. The second kappa shape index (κ2) is 4.69. The standard InChI is InChI=1S/C11H8N6O2/c18-9(15-11-12-5-13-17-11)7-1-3-8(4-2-7)10-16-14-6-19-10/h1-6H,(H2,12,13,15,17,18). The quantitative estimate of drug-likeness (QED) is 0.726. The Labute approximate surface area is 106 Å². The lowest BCUT2D eigenvalue weighted by atomic mass is 10.1. The Morgan fingerprint density at radius 2 is 2.11 bits per heavy atom. The van der Waals surface area contributed by atoms with Crippen molar-refractivity contribution in [3.05, 3.63) is 42.5 Å². The van der Waals surface area contributed by atoms with Gasteiger partial charge in [0.05, 0.1) is 0 Å². The Bertz CT molecular complexity index is 660. The summed E-state index contributed by atoms with van der Waals surface area (Å²) in [7, 11) is 0. The Balaban J connectivity index is 1.77. The first kappa shape index (κ1) is 11.1. The molecule has 2 aromatic heterocycles. The lowest BCUT2D eigenvalue weighted by Gasteiger charge is -2.01. The number of hydrogen-bond donors (Lipinski definition) is 2. The SMILES string of the molecule is O=C(Nc1ncn[nH]1)c1ccc(-c2nnco2)cc1. The van der Waals surface area contributed by atoms with E-state index in [1.165, 1.54) is 12.7 Å². The van der Waals surface area contributed by atoms with Crippen LogP contribution in [0.25, 0.3) is 11.5 Å². The zero-order valence-electron chi connectivity index (χ0n) is 9.57. The Hall–Kier alpha value is -3.03. The van der Waals surface area contributed by atoms with Crippen LogP contribution in [0.3, 0.4) is 0 Å². The molecule has 0 fully saturated rings. The van der Waals surface area contributed by atoms with Crippen LogP contribution in [0, 0.1) is 0 Å². The molecule has 0 radical (unpaired) electrons. The minimum absolute atomic E-state index is 0.283. The molecule has 1 amide bonds. The molecule has 2 N–H and O–H groups in total. The summed E-state index contributed by atoms with van der Waals surface area (Å²) in [4.78, 5) is 15.7. The highest BCUT2D eigenvalue weighted by Crippen LogP contribution is 2.16. The number of anilines is 1. The van der Waals surface area contributed by atoms with E-state index in [0.29, 0.717) is 17.4 Å². The molecule has 19 heavy (non-hydrogen) atoms. The minimum Gasteiger partial charge on any atom is -0.423 e. The number of carbonyl (C=O) groups is 1. The number of hydrogen-bond acceptors (Lipinski definition) is 6. The summed E-state index contributed by atoms with van der Waals surface area (Å²) in [5.74, 6) is 0.419. The van der Waals surface area contributed by atoms with E-state index in [0.717, 1.165) is 5.56 Å². The fourth-order valence-corrected chi connectivity index (χ4v) is 1.51. The van der Waals surface area contributed by atoms with Gasteiger partial charge in [0.1, 0.15) is 6.33 Å². The molecule has 3 rings (SSSR count). The van der Waals surface area contributed by atoms with E-state index in [-0.39, 0.29) is 5.91 Å². The molecule has 0 spiro atoms. The number of benzene rings is 1. The predicted octanol–water partition coefficient (Wildman–Crippen LogP) is 1.11. The predicted molar refractivity (Wildman–Crippen MR) is 64.1 cm³/mol. The van der Waals surface area contributed by atoms with Gasteiger partial charge in [-0.1, -0.05) is 0 Å². The van der Waals surface area contributed by atoms with Gasteiger partial charge in [0.2, 0.25) is 18.2 Å². The van der Waals surface area contributed by atoms with Crippen molar-refractivity contribution in [3.8, 4) is 11.5 Å². The van der Waals surface area contributed by atoms with Crippen molar-refractivity contribution in [3.63, 3.8) is 0 Å². The smallest absolute Gasteiger partial charge is 0.258 e. The molecule has 0 aliphatic rings. The van der Waals surface area contributed by atoms with Gasteiger partial charge in [-0.25, -0.2) is 5.10 Å². The molecule has 0 bridgehead atoms. The summed E-state index contributed by atoms with van der Waals surface area (Å²) in [6.45, 7) is 0. The van der Waals surface area contributed by atoms with Crippen molar-refractivity contribution in [2.24, 2.45) is 0 Å². The van der Waals surface area contributed by atoms with Gasteiger partial charge in [0.15, 0.2) is 0 Å². The summed E-state index contributed by atoms with van der Waals surface area (Å²) >= 11 is 0. The third-order valence-electron chi connectivity index (χ3n) is 2.40. The summed E-state index contributed by atoms with van der Waals surface area (Å²) in [5.41, 5.74) is 1.23. The number of aromatic nitrogens is 5. The molecular weight excluding hydrogens is 248 g/mol. The lowest BCUT2D eigenvalue weighted by Crippen LogP contribution is -2.12. The van der Waals surface area contributed by atoms with Crippen LogP contribution in [0.4, 0.5) is 5.95 Å². The third kappa shape index (κ3) is 2.32. The number of carbonyl (C=O) groups excluding carboxylic acids is 1. The van der Waals surface area contributed by atoms with Crippen molar-refractivity contribution in [1.29, 1.82) is 0 Å². The summed E-state index contributed by atoms with van der Waals surface area (Å²) in [6, 6.07) is 6.77. The number of nitrogens with zero attached hydrogens (tertiary/aromatic N) is 4. The van der Waals surface area contributed by atoms with Crippen LogP contribution in [-0.2, 0) is 0 Å². The molecule has 1 aromatic carbocycles. The molecule has 3 aromatic rings. The highest BCUT2D eigenvalue weighted by atomic mass is 16.4. The van der Waals surface area contributed by atoms with Crippen molar-refractivity contribution in [2.45, 2.75) is 0 Å². The van der Waals surface area contributed by atoms with Gasteiger partial charge >= 0.3 is 0 Å². The van der Waals surface area contributed by atoms with Crippen LogP contribution >= 0.6 is 0 Å². The van der Waals surface area contributed by atoms with Crippen LogP contribution in [-0.4, -0.2) is 31.3 Å². The molecule has 8 heteroatoms. The summed E-state index contributed by atoms with van der Waals surface area (Å²) in [5, 5.41) is 16.1. The summed E-state index contributed by atoms with van der Waals surface area (Å²) in [6.07, 6.45) is 2.56. The maximum absolute atomic E-state index is 11.9. The number of rotatable bonds is 3. The van der Waals surface area contributed by atoms with Gasteiger partial charge in [-0.3, -0.25) is 10.1 Å². The number of amides is 1.